The maximum absolute atomic E-state index is 13.4. The van der Waals surface area contributed by atoms with E-state index in [-0.39, 0.29) is 25.4 Å². The van der Waals surface area contributed by atoms with Crippen LogP contribution < -0.4 is 10.6 Å². The Morgan fingerprint density at radius 1 is 0.917 bits per heavy atom. The fourth-order valence-electron chi connectivity index (χ4n) is 3.24. The topological polar surface area (TPSA) is 151 Å². The number of carbonyl (C=O) groups is 3. The van der Waals surface area contributed by atoms with E-state index < -0.39 is 43.5 Å². The van der Waals surface area contributed by atoms with Crippen LogP contribution in [0.15, 0.2) is 60.7 Å². The molecule has 0 aliphatic rings. The van der Waals surface area contributed by atoms with Gasteiger partial charge in [0.2, 0.25) is 5.91 Å². The average molecular weight is 521 g/mol. The number of carboxylic acids is 1. The molecular formula is C25H33N2O8P. The second-order valence-corrected chi connectivity index (χ2v) is 10.7. The number of carboxylic acid groups (broad SMARTS) is 1. The van der Waals surface area contributed by atoms with Crippen LogP contribution in [0.4, 0.5) is 4.79 Å². The van der Waals surface area contributed by atoms with Crippen molar-refractivity contribution in [1.82, 2.24) is 10.6 Å². The van der Waals surface area contributed by atoms with Gasteiger partial charge in [0.25, 0.3) is 0 Å². The Morgan fingerprint density at radius 3 is 2.00 bits per heavy atom. The van der Waals surface area contributed by atoms with Crippen LogP contribution in [0.25, 0.3) is 0 Å². The average Bonchev–Trinajstić information content (AvgIpc) is 2.82. The SMILES string of the molecule is CC(C)CC(OP(=O)(O)[C@@H](Cc1ccccc1)NC(=O)OCc1ccccc1)C(=O)NC(C)C(=O)O. The number of ether oxygens (including phenoxy) is 1. The van der Waals surface area contributed by atoms with E-state index in [4.69, 9.17) is 14.4 Å². The maximum Gasteiger partial charge on any atom is 0.408 e. The fraction of sp³-hybridized carbons (Fsp3) is 0.400. The Balaban J connectivity index is 2.21. The van der Waals surface area contributed by atoms with Crippen molar-refractivity contribution in [3.63, 3.8) is 0 Å². The van der Waals surface area contributed by atoms with Gasteiger partial charge in [-0.2, -0.15) is 0 Å². The minimum absolute atomic E-state index is 0.0488. The van der Waals surface area contributed by atoms with Crippen LogP contribution in [0.2, 0.25) is 0 Å². The first-order chi connectivity index (χ1) is 17.0. The van der Waals surface area contributed by atoms with Crippen molar-refractivity contribution in [2.75, 3.05) is 0 Å². The van der Waals surface area contributed by atoms with Gasteiger partial charge in [-0.3, -0.25) is 18.7 Å². The predicted octanol–water partition coefficient (Wildman–Crippen LogP) is 3.69. The summed E-state index contributed by atoms with van der Waals surface area (Å²) in [5, 5.41) is 13.8. The molecule has 0 aliphatic carbocycles. The molecule has 4 N–H and O–H groups in total. The molecule has 2 rings (SSSR count). The third kappa shape index (κ3) is 9.81. The predicted molar refractivity (Wildman–Crippen MR) is 133 cm³/mol. The summed E-state index contributed by atoms with van der Waals surface area (Å²) in [7, 11) is -4.67. The van der Waals surface area contributed by atoms with Gasteiger partial charge in [-0.25, -0.2) is 4.79 Å². The number of hydrogen-bond acceptors (Lipinski definition) is 6. The molecule has 196 valence electrons. The smallest absolute Gasteiger partial charge is 0.408 e. The van der Waals surface area contributed by atoms with Crippen LogP contribution in [0, 0.1) is 5.92 Å². The van der Waals surface area contributed by atoms with Gasteiger partial charge < -0.3 is 25.4 Å². The molecule has 0 saturated carbocycles. The normalized spacial score (nSPS) is 15.2. The zero-order valence-electron chi connectivity index (χ0n) is 20.5. The van der Waals surface area contributed by atoms with E-state index in [1.807, 2.05) is 6.07 Å². The number of rotatable bonds is 13. The number of aliphatic carboxylic acids is 1. The van der Waals surface area contributed by atoms with Crippen molar-refractivity contribution in [2.24, 2.45) is 5.92 Å². The standard InChI is InChI=1S/C25H33N2O8P/c1-17(2)14-21(23(28)26-18(3)24(29)30)35-36(32,33)22(15-19-10-6-4-7-11-19)27-25(31)34-16-20-12-8-5-9-13-20/h4-13,17-18,21-22H,14-16H2,1-3H3,(H,26,28)(H,27,31)(H,29,30)(H,32,33)/t18?,21?,22-/m0/s1. The molecule has 10 nitrogen and oxygen atoms in total. The lowest BCUT2D eigenvalue weighted by Gasteiger charge is -2.28. The summed E-state index contributed by atoms with van der Waals surface area (Å²) in [6.07, 6.45) is -2.36. The Bertz CT molecular complexity index is 1050. The zero-order chi connectivity index (χ0) is 26.7. The largest absolute Gasteiger partial charge is 0.480 e. The Labute approximate surface area is 210 Å². The van der Waals surface area contributed by atoms with Crippen LogP contribution in [-0.4, -0.2) is 45.9 Å². The minimum atomic E-state index is -4.67. The Kier molecular flexibility index (Phi) is 11.1. The molecule has 0 aliphatic heterocycles. The molecule has 2 amide bonds. The molecule has 2 aromatic rings. The minimum Gasteiger partial charge on any atom is -0.480 e. The van der Waals surface area contributed by atoms with Crippen molar-refractivity contribution in [3.05, 3.63) is 71.8 Å². The first kappa shape index (κ1) is 29.0. The van der Waals surface area contributed by atoms with Gasteiger partial charge in [-0.1, -0.05) is 74.5 Å². The van der Waals surface area contributed by atoms with E-state index in [0.717, 1.165) is 5.56 Å². The molecule has 0 aromatic heterocycles. The number of nitrogens with one attached hydrogen (secondary N) is 2. The highest BCUT2D eigenvalue weighted by Crippen LogP contribution is 2.49. The molecule has 2 aromatic carbocycles. The van der Waals surface area contributed by atoms with Gasteiger partial charge in [-0.05, 0) is 30.4 Å². The molecule has 4 atom stereocenters. The van der Waals surface area contributed by atoms with Crippen LogP contribution in [0.3, 0.4) is 0 Å². The van der Waals surface area contributed by atoms with Crippen LogP contribution in [-0.2, 0) is 36.4 Å². The lowest BCUT2D eigenvalue weighted by Crippen LogP contribution is -2.46. The third-order valence-corrected chi connectivity index (χ3v) is 6.80. The molecule has 3 unspecified atom stereocenters. The second kappa shape index (κ2) is 13.8. The second-order valence-electron chi connectivity index (χ2n) is 8.77. The third-order valence-electron chi connectivity index (χ3n) is 5.15. The number of carbonyl (C=O) groups excluding carboxylic acids is 2. The lowest BCUT2D eigenvalue weighted by molar-refractivity contribution is -0.142. The highest BCUT2D eigenvalue weighted by molar-refractivity contribution is 7.53. The number of amides is 2. The van der Waals surface area contributed by atoms with Crippen molar-refractivity contribution in [1.29, 1.82) is 0 Å². The number of benzene rings is 2. The maximum atomic E-state index is 13.4. The first-order valence-corrected chi connectivity index (χ1v) is 13.2. The van der Waals surface area contributed by atoms with Crippen LogP contribution in [0.1, 0.15) is 38.3 Å². The van der Waals surface area contributed by atoms with Crippen LogP contribution in [0.5, 0.6) is 0 Å². The van der Waals surface area contributed by atoms with Gasteiger partial charge in [-0.15, -0.1) is 0 Å². The van der Waals surface area contributed by atoms with E-state index in [1.54, 1.807) is 68.4 Å². The van der Waals surface area contributed by atoms with Gasteiger partial charge in [0.05, 0.1) is 0 Å². The summed E-state index contributed by atoms with van der Waals surface area (Å²) >= 11 is 0. The van der Waals surface area contributed by atoms with Crippen LogP contribution >= 0.6 is 7.60 Å². The first-order valence-electron chi connectivity index (χ1n) is 11.5. The highest BCUT2D eigenvalue weighted by atomic mass is 31.2. The molecule has 11 heteroatoms. The summed E-state index contributed by atoms with van der Waals surface area (Å²) in [6.45, 7) is 4.79. The van der Waals surface area contributed by atoms with Gasteiger partial charge in [0.15, 0.2) is 0 Å². The summed E-state index contributed by atoms with van der Waals surface area (Å²) in [6, 6.07) is 16.4. The van der Waals surface area contributed by atoms with Gasteiger partial charge >= 0.3 is 19.7 Å². The molecular weight excluding hydrogens is 487 g/mol. The Hall–Kier alpha value is -3.20. The van der Waals surface area contributed by atoms with Gasteiger partial charge in [0.1, 0.15) is 24.5 Å². The Morgan fingerprint density at radius 2 is 1.47 bits per heavy atom. The van der Waals surface area contributed by atoms with Gasteiger partial charge in [0, 0.05) is 6.42 Å². The highest BCUT2D eigenvalue weighted by Gasteiger charge is 2.39. The van der Waals surface area contributed by atoms with Crippen molar-refractivity contribution < 1.29 is 38.2 Å². The van der Waals surface area contributed by atoms with E-state index >= 15 is 0 Å². The molecule has 0 spiro atoms. The molecule has 0 heterocycles. The summed E-state index contributed by atoms with van der Waals surface area (Å²) < 4.78 is 24.0. The summed E-state index contributed by atoms with van der Waals surface area (Å²) in [4.78, 5) is 47.3. The zero-order valence-corrected chi connectivity index (χ0v) is 21.4. The van der Waals surface area contributed by atoms with Crippen molar-refractivity contribution in [2.45, 2.75) is 58.1 Å². The molecule has 0 radical (unpaired) electrons. The van der Waals surface area contributed by atoms with E-state index in [9.17, 15) is 23.8 Å². The number of alkyl carbamates (subject to hydrolysis) is 1. The molecule has 0 saturated heterocycles. The summed E-state index contributed by atoms with van der Waals surface area (Å²) in [5.74, 6) is -3.64. The summed E-state index contributed by atoms with van der Waals surface area (Å²) in [5.41, 5.74) is 1.38. The molecule has 36 heavy (non-hydrogen) atoms. The van der Waals surface area contributed by atoms with E-state index in [2.05, 4.69) is 10.6 Å². The lowest BCUT2D eigenvalue weighted by atomic mass is 10.1. The van der Waals surface area contributed by atoms with Crippen molar-refractivity contribution >= 4 is 25.6 Å². The molecule has 0 bridgehead atoms. The number of hydrogen-bond donors (Lipinski definition) is 4. The fourth-order valence-corrected chi connectivity index (χ4v) is 4.64. The quantitative estimate of drug-likeness (QED) is 0.292. The molecule has 0 fully saturated rings. The van der Waals surface area contributed by atoms with Crippen molar-refractivity contribution in [3.8, 4) is 0 Å². The van der Waals surface area contributed by atoms with E-state index in [1.165, 1.54) is 6.92 Å². The monoisotopic (exact) mass is 520 g/mol. The van der Waals surface area contributed by atoms with E-state index in [0.29, 0.717) is 5.56 Å².